The molecule has 0 saturated carbocycles. The molecule has 0 aliphatic carbocycles. The number of rotatable bonds is 5. The van der Waals surface area contributed by atoms with Crippen molar-refractivity contribution in [3.8, 4) is 0 Å². The largest absolute Gasteiger partial charge is 0.387 e. The maximum atomic E-state index is 13.5. The van der Waals surface area contributed by atoms with Gasteiger partial charge in [-0.05, 0) is 24.6 Å². The van der Waals surface area contributed by atoms with Crippen molar-refractivity contribution in [2.45, 2.75) is 19.1 Å². The summed E-state index contributed by atoms with van der Waals surface area (Å²) in [5.41, 5.74) is 1.25. The second kappa shape index (κ2) is 6.84. The zero-order valence-corrected chi connectivity index (χ0v) is 11.9. The van der Waals surface area contributed by atoms with Gasteiger partial charge in [-0.15, -0.1) is 0 Å². The molecule has 0 aliphatic heterocycles. The molecule has 4 heteroatoms. The molecule has 2 rings (SSSR count). The second-order valence-corrected chi connectivity index (χ2v) is 5.10. The van der Waals surface area contributed by atoms with Crippen LogP contribution in [0, 0.1) is 5.82 Å². The molecule has 0 bridgehead atoms. The van der Waals surface area contributed by atoms with Crippen LogP contribution >= 0.6 is 11.6 Å². The summed E-state index contributed by atoms with van der Waals surface area (Å²) in [5, 5.41) is 13.9. The van der Waals surface area contributed by atoms with Gasteiger partial charge in [-0.3, -0.25) is 0 Å². The Labute approximate surface area is 123 Å². The van der Waals surface area contributed by atoms with Crippen LogP contribution in [-0.4, -0.2) is 11.7 Å². The van der Waals surface area contributed by atoms with E-state index in [1.54, 1.807) is 18.2 Å². The molecular weight excluding hydrogens is 277 g/mol. The van der Waals surface area contributed by atoms with E-state index in [1.807, 2.05) is 31.2 Å². The Hall–Kier alpha value is -1.42. The summed E-state index contributed by atoms with van der Waals surface area (Å²) in [6.45, 7) is 2.21. The van der Waals surface area contributed by atoms with Gasteiger partial charge in [0.1, 0.15) is 5.82 Å². The molecule has 2 aromatic rings. The maximum Gasteiger partial charge on any atom is 0.129 e. The van der Waals surface area contributed by atoms with Gasteiger partial charge in [0.05, 0.1) is 6.10 Å². The number of aliphatic hydroxyl groups is 1. The summed E-state index contributed by atoms with van der Waals surface area (Å²) in [7, 11) is 0. The van der Waals surface area contributed by atoms with Crippen LogP contribution in [0.5, 0.6) is 0 Å². The lowest BCUT2D eigenvalue weighted by Gasteiger charge is -2.19. The number of halogens is 2. The third kappa shape index (κ3) is 3.57. The average molecular weight is 294 g/mol. The van der Waals surface area contributed by atoms with Gasteiger partial charge >= 0.3 is 0 Å². The molecule has 0 radical (unpaired) electrons. The Balaban J connectivity index is 1.99. The van der Waals surface area contributed by atoms with E-state index in [4.69, 9.17) is 11.6 Å². The molecule has 0 aromatic heterocycles. The van der Waals surface area contributed by atoms with Gasteiger partial charge in [0, 0.05) is 23.2 Å². The number of hydrogen-bond acceptors (Lipinski definition) is 2. The predicted molar refractivity (Wildman–Crippen MR) is 79.2 cm³/mol. The highest BCUT2D eigenvalue weighted by molar-refractivity contribution is 6.31. The lowest BCUT2D eigenvalue weighted by Crippen LogP contribution is -2.25. The van der Waals surface area contributed by atoms with E-state index >= 15 is 0 Å². The summed E-state index contributed by atoms with van der Waals surface area (Å²) in [6, 6.07) is 13.7. The van der Waals surface area contributed by atoms with Crippen LogP contribution in [-0.2, 0) is 0 Å². The SMILES string of the molecule is C[C@H](NCC(O)c1ccccc1F)c1ccccc1Cl. The molecule has 0 heterocycles. The first kappa shape index (κ1) is 15.0. The minimum absolute atomic E-state index is 0.0230. The lowest BCUT2D eigenvalue weighted by atomic mass is 10.1. The van der Waals surface area contributed by atoms with Crippen molar-refractivity contribution in [2.24, 2.45) is 0 Å². The van der Waals surface area contributed by atoms with E-state index in [9.17, 15) is 9.50 Å². The van der Waals surface area contributed by atoms with Crippen molar-refractivity contribution in [3.63, 3.8) is 0 Å². The summed E-state index contributed by atoms with van der Waals surface area (Å²) < 4.78 is 13.5. The zero-order chi connectivity index (χ0) is 14.5. The highest BCUT2D eigenvalue weighted by atomic mass is 35.5. The van der Waals surface area contributed by atoms with Gasteiger partial charge in [0.2, 0.25) is 0 Å². The Morgan fingerprint density at radius 3 is 2.35 bits per heavy atom. The smallest absolute Gasteiger partial charge is 0.129 e. The van der Waals surface area contributed by atoms with Crippen molar-refractivity contribution in [3.05, 3.63) is 70.5 Å². The van der Waals surface area contributed by atoms with Crippen LogP contribution in [0.2, 0.25) is 5.02 Å². The standard InChI is InChI=1S/C16H17ClFNO/c1-11(12-6-2-4-8-14(12)17)19-10-16(20)13-7-3-5-9-15(13)18/h2-9,11,16,19-20H,10H2,1H3/t11-,16?/m0/s1. The number of benzene rings is 2. The first-order valence-electron chi connectivity index (χ1n) is 6.50. The minimum atomic E-state index is -0.888. The fourth-order valence-corrected chi connectivity index (χ4v) is 2.38. The Morgan fingerprint density at radius 1 is 1.10 bits per heavy atom. The summed E-state index contributed by atoms with van der Waals surface area (Å²) >= 11 is 6.11. The molecule has 2 aromatic carbocycles. The monoisotopic (exact) mass is 293 g/mol. The fraction of sp³-hybridized carbons (Fsp3) is 0.250. The van der Waals surface area contributed by atoms with Crippen LogP contribution in [0.4, 0.5) is 4.39 Å². The predicted octanol–water partition coefficient (Wildman–Crippen LogP) is 3.86. The van der Waals surface area contributed by atoms with Crippen LogP contribution in [0.3, 0.4) is 0 Å². The van der Waals surface area contributed by atoms with Crippen molar-refractivity contribution in [2.75, 3.05) is 6.54 Å². The maximum absolute atomic E-state index is 13.5. The second-order valence-electron chi connectivity index (χ2n) is 4.69. The Bertz CT molecular complexity index is 524. The average Bonchev–Trinajstić information content (AvgIpc) is 2.45. The van der Waals surface area contributed by atoms with Gasteiger partial charge in [-0.25, -0.2) is 4.39 Å². The first-order chi connectivity index (χ1) is 9.59. The normalized spacial score (nSPS) is 14.0. The van der Waals surface area contributed by atoms with Gasteiger partial charge in [0.15, 0.2) is 0 Å². The van der Waals surface area contributed by atoms with Gasteiger partial charge in [-0.1, -0.05) is 48.0 Å². The van der Waals surface area contributed by atoms with Crippen LogP contribution in [0.15, 0.2) is 48.5 Å². The van der Waals surface area contributed by atoms with E-state index in [-0.39, 0.29) is 12.6 Å². The van der Waals surface area contributed by atoms with Crippen molar-refractivity contribution in [1.82, 2.24) is 5.32 Å². The van der Waals surface area contributed by atoms with E-state index in [0.717, 1.165) is 5.56 Å². The van der Waals surface area contributed by atoms with Crippen LogP contribution in [0.1, 0.15) is 30.2 Å². The van der Waals surface area contributed by atoms with Crippen LogP contribution in [0.25, 0.3) is 0 Å². The molecule has 0 amide bonds. The van der Waals surface area contributed by atoms with Gasteiger partial charge < -0.3 is 10.4 Å². The molecule has 2 atom stereocenters. The van der Waals surface area contributed by atoms with Crippen molar-refractivity contribution < 1.29 is 9.50 Å². The third-order valence-electron chi connectivity index (χ3n) is 3.25. The lowest BCUT2D eigenvalue weighted by molar-refractivity contribution is 0.166. The molecule has 0 fully saturated rings. The number of aliphatic hydroxyl groups excluding tert-OH is 1. The van der Waals surface area contributed by atoms with Gasteiger partial charge in [0.25, 0.3) is 0 Å². The third-order valence-corrected chi connectivity index (χ3v) is 3.60. The quantitative estimate of drug-likeness (QED) is 0.877. The Kier molecular flexibility index (Phi) is 5.12. The summed E-state index contributed by atoms with van der Waals surface area (Å²) in [5.74, 6) is -0.396. The molecule has 0 saturated heterocycles. The molecule has 20 heavy (non-hydrogen) atoms. The van der Waals surface area contributed by atoms with Crippen LogP contribution < -0.4 is 5.32 Å². The fourth-order valence-electron chi connectivity index (χ4n) is 2.08. The highest BCUT2D eigenvalue weighted by Crippen LogP contribution is 2.23. The molecule has 2 nitrogen and oxygen atoms in total. The molecule has 106 valence electrons. The van der Waals surface area contributed by atoms with E-state index < -0.39 is 11.9 Å². The molecule has 0 spiro atoms. The number of nitrogens with one attached hydrogen (secondary N) is 1. The molecule has 1 unspecified atom stereocenters. The molecule has 2 N–H and O–H groups in total. The van der Waals surface area contributed by atoms with E-state index in [1.165, 1.54) is 6.07 Å². The van der Waals surface area contributed by atoms with Crippen molar-refractivity contribution >= 4 is 11.6 Å². The zero-order valence-electron chi connectivity index (χ0n) is 11.2. The minimum Gasteiger partial charge on any atom is -0.387 e. The summed E-state index contributed by atoms with van der Waals surface area (Å²) in [4.78, 5) is 0. The number of hydrogen-bond donors (Lipinski definition) is 2. The topological polar surface area (TPSA) is 32.3 Å². The van der Waals surface area contributed by atoms with Gasteiger partial charge in [-0.2, -0.15) is 0 Å². The first-order valence-corrected chi connectivity index (χ1v) is 6.87. The Morgan fingerprint density at radius 2 is 1.70 bits per heavy atom. The molecular formula is C16H17ClFNO. The van der Waals surface area contributed by atoms with E-state index in [0.29, 0.717) is 10.6 Å². The van der Waals surface area contributed by atoms with Crippen molar-refractivity contribution in [1.29, 1.82) is 0 Å². The summed E-state index contributed by atoms with van der Waals surface area (Å²) in [6.07, 6.45) is -0.888. The van der Waals surface area contributed by atoms with E-state index in [2.05, 4.69) is 5.32 Å². The molecule has 0 aliphatic rings. The highest BCUT2D eigenvalue weighted by Gasteiger charge is 2.14.